The molecular weight excluding hydrogens is 410 g/mol. The van der Waals surface area contributed by atoms with Crippen molar-refractivity contribution in [3.63, 3.8) is 0 Å². The van der Waals surface area contributed by atoms with Gasteiger partial charge in [-0.1, -0.05) is 42.5 Å². The first-order valence-corrected chi connectivity index (χ1v) is 10.8. The van der Waals surface area contributed by atoms with E-state index in [1.165, 1.54) is 11.3 Å². The van der Waals surface area contributed by atoms with Crippen molar-refractivity contribution >= 4 is 28.9 Å². The van der Waals surface area contributed by atoms with Crippen molar-refractivity contribution in [1.29, 1.82) is 0 Å². The molecule has 0 spiro atoms. The van der Waals surface area contributed by atoms with Gasteiger partial charge in [0.25, 0.3) is 5.91 Å². The van der Waals surface area contributed by atoms with Crippen molar-refractivity contribution in [1.82, 2.24) is 9.78 Å². The highest BCUT2D eigenvalue weighted by atomic mass is 32.1. The van der Waals surface area contributed by atoms with Gasteiger partial charge in [-0.05, 0) is 42.6 Å². The molecule has 0 radical (unpaired) electrons. The van der Waals surface area contributed by atoms with E-state index in [2.05, 4.69) is 5.10 Å². The summed E-state index contributed by atoms with van der Waals surface area (Å²) in [7, 11) is 0. The van der Waals surface area contributed by atoms with Crippen molar-refractivity contribution in [3.05, 3.63) is 89.9 Å². The fourth-order valence-corrected chi connectivity index (χ4v) is 3.91. The highest BCUT2D eigenvalue weighted by molar-refractivity contribution is 7.13. The summed E-state index contributed by atoms with van der Waals surface area (Å²) in [5, 5.41) is 6.56. The number of rotatable bonds is 7. The Labute approximate surface area is 184 Å². The molecule has 0 bridgehead atoms. The maximum Gasteiger partial charge on any atom is 0.357 e. The lowest BCUT2D eigenvalue weighted by Crippen LogP contribution is -2.34. The Morgan fingerprint density at radius 1 is 1.00 bits per heavy atom. The Kier molecular flexibility index (Phi) is 6.24. The third kappa shape index (κ3) is 4.57. The molecular formula is C24H21N3O3S. The summed E-state index contributed by atoms with van der Waals surface area (Å²) in [6.07, 6.45) is 0. The molecule has 2 aromatic heterocycles. The summed E-state index contributed by atoms with van der Waals surface area (Å²) in [4.78, 5) is 28.1. The minimum absolute atomic E-state index is 0.269. The largest absolute Gasteiger partial charge is 0.451 e. The molecule has 7 heteroatoms. The number of carbonyl (C=O) groups is 2. The van der Waals surface area contributed by atoms with Gasteiger partial charge in [0.05, 0.1) is 10.6 Å². The number of esters is 1. The van der Waals surface area contributed by atoms with Gasteiger partial charge in [-0.3, -0.25) is 4.79 Å². The van der Waals surface area contributed by atoms with Crippen LogP contribution in [0.3, 0.4) is 0 Å². The van der Waals surface area contributed by atoms with Crippen LogP contribution in [0.4, 0.5) is 5.69 Å². The van der Waals surface area contributed by atoms with Crippen LogP contribution < -0.4 is 4.90 Å². The van der Waals surface area contributed by atoms with Gasteiger partial charge in [0.2, 0.25) is 0 Å². The number of ether oxygens (including phenoxy) is 1. The number of hydrogen-bond donors (Lipinski definition) is 0. The SMILES string of the molecule is CCN(C(=O)COC(=O)c1cc(-c2cccs2)nn1-c1ccccc1)c1ccccc1. The van der Waals surface area contributed by atoms with Crippen LogP contribution in [0.1, 0.15) is 17.4 Å². The molecule has 0 saturated carbocycles. The molecule has 0 aliphatic rings. The second-order valence-corrected chi connectivity index (χ2v) is 7.64. The number of likely N-dealkylation sites (N-methyl/N-ethyl adjacent to an activating group) is 1. The van der Waals surface area contributed by atoms with E-state index in [1.807, 2.05) is 85.1 Å². The molecule has 0 unspecified atom stereocenters. The highest BCUT2D eigenvalue weighted by Gasteiger charge is 2.22. The Hall–Kier alpha value is -3.71. The third-order valence-corrected chi connectivity index (χ3v) is 5.60. The van der Waals surface area contributed by atoms with Crippen molar-refractivity contribution in [2.24, 2.45) is 0 Å². The lowest BCUT2D eigenvalue weighted by molar-refractivity contribution is -0.121. The van der Waals surface area contributed by atoms with Crippen LogP contribution in [0.5, 0.6) is 0 Å². The molecule has 156 valence electrons. The molecule has 2 heterocycles. The number of anilines is 1. The smallest absolute Gasteiger partial charge is 0.357 e. The number of para-hydroxylation sites is 2. The molecule has 1 amide bonds. The number of benzene rings is 2. The number of aromatic nitrogens is 2. The predicted molar refractivity (Wildman–Crippen MR) is 122 cm³/mol. The van der Waals surface area contributed by atoms with Gasteiger partial charge in [0.1, 0.15) is 5.69 Å². The van der Waals surface area contributed by atoms with Crippen LogP contribution in [-0.4, -0.2) is 34.8 Å². The number of carbonyl (C=O) groups excluding carboxylic acids is 2. The van der Waals surface area contributed by atoms with Crippen LogP contribution in [-0.2, 0) is 9.53 Å². The van der Waals surface area contributed by atoms with Crippen molar-refractivity contribution in [3.8, 4) is 16.3 Å². The van der Waals surface area contributed by atoms with Gasteiger partial charge in [-0.15, -0.1) is 11.3 Å². The second kappa shape index (κ2) is 9.40. The van der Waals surface area contributed by atoms with E-state index in [4.69, 9.17) is 4.74 Å². The molecule has 0 fully saturated rings. The van der Waals surface area contributed by atoms with E-state index in [-0.39, 0.29) is 18.2 Å². The Morgan fingerprint density at radius 3 is 2.35 bits per heavy atom. The minimum atomic E-state index is -0.600. The summed E-state index contributed by atoms with van der Waals surface area (Å²) in [6, 6.07) is 24.2. The van der Waals surface area contributed by atoms with Gasteiger partial charge >= 0.3 is 5.97 Å². The van der Waals surface area contributed by atoms with Gasteiger partial charge in [-0.25, -0.2) is 9.48 Å². The molecule has 31 heavy (non-hydrogen) atoms. The zero-order chi connectivity index (χ0) is 21.6. The quantitative estimate of drug-likeness (QED) is 0.394. The molecule has 0 N–H and O–H groups in total. The average Bonchev–Trinajstić information content (AvgIpc) is 3.49. The lowest BCUT2D eigenvalue weighted by Gasteiger charge is -2.20. The lowest BCUT2D eigenvalue weighted by atomic mass is 10.3. The first-order valence-electron chi connectivity index (χ1n) is 9.89. The minimum Gasteiger partial charge on any atom is -0.451 e. The van der Waals surface area contributed by atoms with Crippen LogP contribution in [0.25, 0.3) is 16.3 Å². The Morgan fingerprint density at radius 2 is 1.71 bits per heavy atom. The highest BCUT2D eigenvalue weighted by Crippen LogP contribution is 2.26. The molecule has 0 aliphatic carbocycles. The molecule has 6 nitrogen and oxygen atoms in total. The van der Waals surface area contributed by atoms with Gasteiger partial charge < -0.3 is 9.64 Å². The standard InChI is InChI=1S/C24H21N3O3S/c1-2-26(18-10-5-3-6-11-18)23(28)17-30-24(29)21-16-20(22-14-9-15-31-22)25-27(21)19-12-7-4-8-13-19/h3-16H,2,17H2,1H3. The number of thiophene rings is 1. The van der Waals surface area contributed by atoms with Crippen LogP contribution >= 0.6 is 11.3 Å². The average molecular weight is 432 g/mol. The van der Waals surface area contributed by atoms with E-state index in [1.54, 1.807) is 15.6 Å². The normalized spacial score (nSPS) is 10.6. The van der Waals surface area contributed by atoms with E-state index in [0.717, 1.165) is 16.3 Å². The molecule has 2 aromatic carbocycles. The van der Waals surface area contributed by atoms with Crippen LogP contribution in [0.2, 0.25) is 0 Å². The second-order valence-electron chi connectivity index (χ2n) is 6.69. The van der Waals surface area contributed by atoms with Crippen LogP contribution in [0, 0.1) is 0 Å². The number of nitrogens with zero attached hydrogens (tertiary/aromatic N) is 3. The summed E-state index contributed by atoms with van der Waals surface area (Å²) >= 11 is 1.54. The topological polar surface area (TPSA) is 64.4 Å². The van der Waals surface area contributed by atoms with Crippen molar-refractivity contribution in [2.75, 3.05) is 18.1 Å². The summed E-state index contributed by atoms with van der Waals surface area (Å²) in [5.41, 5.74) is 2.45. The maximum absolute atomic E-state index is 12.9. The fraction of sp³-hybridized carbons (Fsp3) is 0.125. The first kappa shape index (κ1) is 20.6. The molecule has 0 atom stereocenters. The summed E-state index contributed by atoms with van der Waals surface area (Å²) in [5.74, 6) is -0.886. The summed E-state index contributed by atoms with van der Waals surface area (Å²) in [6.45, 7) is 2.01. The molecule has 4 aromatic rings. The van der Waals surface area contributed by atoms with Gasteiger partial charge in [0, 0.05) is 18.3 Å². The third-order valence-electron chi connectivity index (χ3n) is 4.70. The van der Waals surface area contributed by atoms with Crippen molar-refractivity contribution < 1.29 is 14.3 Å². The van der Waals surface area contributed by atoms with Crippen LogP contribution in [0.15, 0.2) is 84.2 Å². The fourth-order valence-electron chi connectivity index (χ4n) is 3.23. The van der Waals surface area contributed by atoms with Gasteiger partial charge in [0.15, 0.2) is 12.3 Å². The van der Waals surface area contributed by atoms with Crippen molar-refractivity contribution in [2.45, 2.75) is 6.92 Å². The summed E-state index contributed by atoms with van der Waals surface area (Å²) < 4.78 is 6.95. The zero-order valence-electron chi connectivity index (χ0n) is 17.0. The van der Waals surface area contributed by atoms with E-state index in [9.17, 15) is 9.59 Å². The molecule has 0 aliphatic heterocycles. The van der Waals surface area contributed by atoms with Gasteiger partial charge in [-0.2, -0.15) is 5.10 Å². The predicted octanol–water partition coefficient (Wildman–Crippen LogP) is 4.81. The Bertz CT molecular complexity index is 1160. The number of amides is 1. The van der Waals surface area contributed by atoms with E-state index < -0.39 is 5.97 Å². The maximum atomic E-state index is 12.9. The first-order chi connectivity index (χ1) is 15.2. The Balaban J connectivity index is 1.56. The van der Waals surface area contributed by atoms with E-state index >= 15 is 0 Å². The van der Waals surface area contributed by atoms with E-state index in [0.29, 0.717) is 12.2 Å². The zero-order valence-corrected chi connectivity index (χ0v) is 17.8. The molecule has 4 rings (SSSR count). The molecule has 0 saturated heterocycles. The monoisotopic (exact) mass is 431 g/mol. The number of hydrogen-bond acceptors (Lipinski definition) is 5.